The van der Waals surface area contributed by atoms with Gasteiger partial charge in [0.2, 0.25) is 0 Å². The normalized spacial score (nSPS) is 11.5. The molecule has 0 N–H and O–H groups in total. The monoisotopic (exact) mass is 791 g/mol. The standard InChI is InChI=1S/C57H37N5/c1-4-17-38(18-5-1)41-23-16-24-43(35-41)56-58-55(40-21-8-3-9-22-40)59-57(60-56)49-33-31-42(39-19-6-2-7-20-39)36-53(49)62-52-30-15-12-27-47(52)48-34-32-44(37-54(48)62)61-50-28-13-10-25-45(50)46-26-11-14-29-51(46)61/h1-37H. The molecule has 0 bridgehead atoms. The van der Waals surface area contributed by atoms with Gasteiger partial charge >= 0.3 is 0 Å². The number of fused-ring (bicyclic) bond motifs is 6. The third-order valence-corrected chi connectivity index (χ3v) is 12.0. The summed E-state index contributed by atoms with van der Waals surface area (Å²) in [4.78, 5) is 15.8. The highest BCUT2D eigenvalue weighted by molar-refractivity contribution is 6.12. The third kappa shape index (κ3) is 5.98. The summed E-state index contributed by atoms with van der Waals surface area (Å²) >= 11 is 0. The van der Waals surface area contributed by atoms with Crippen molar-refractivity contribution in [3.8, 4) is 67.8 Å². The first-order valence-electron chi connectivity index (χ1n) is 20.9. The van der Waals surface area contributed by atoms with Gasteiger partial charge in [-0.3, -0.25) is 0 Å². The van der Waals surface area contributed by atoms with Gasteiger partial charge in [-0.15, -0.1) is 0 Å². The van der Waals surface area contributed by atoms with Gasteiger partial charge in [-0.05, 0) is 70.8 Å². The summed E-state index contributed by atoms with van der Waals surface area (Å²) in [7, 11) is 0. The number of rotatable bonds is 7. The number of nitrogens with zero attached hydrogens (tertiary/aromatic N) is 5. The molecule has 5 nitrogen and oxygen atoms in total. The van der Waals surface area contributed by atoms with E-state index in [4.69, 9.17) is 15.0 Å². The lowest BCUT2D eigenvalue weighted by atomic mass is 10.0. The minimum Gasteiger partial charge on any atom is -0.309 e. The zero-order valence-corrected chi connectivity index (χ0v) is 33.6. The first-order valence-corrected chi connectivity index (χ1v) is 20.9. The lowest BCUT2D eigenvalue weighted by molar-refractivity contribution is 1.06. The Labute approximate surface area is 358 Å². The third-order valence-electron chi connectivity index (χ3n) is 12.0. The molecule has 0 aliphatic rings. The largest absolute Gasteiger partial charge is 0.309 e. The van der Waals surface area contributed by atoms with E-state index in [0.29, 0.717) is 17.5 Å². The zero-order chi connectivity index (χ0) is 41.0. The molecule has 0 radical (unpaired) electrons. The maximum absolute atomic E-state index is 5.35. The summed E-state index contributed by atoms with van der Waals surface area (Å²) in [5, 5.41) is 4.80. The van der Waals surface area contributed by atoms with Crippen LogP contribution in [0.5, 0.6) is 0 Å². The topological polar surface area (TPSA) is 48.5 Å². The SMILES string of the molecule is c1ccc(-c2cccc(-c3nc(-c4ccccc4)nc(-c4ccc(-c5ccccc5)cc4-n4c5ccccc5c5ccc(-n6c7ccccc7c7ccccc76)cc54)n3)c2)cc1. The van der Waals surface area contributed by atoms with Crippen molar-refractivity contribution in [3.05, 3.63) is 224 Å². The number of aromatic nitrogens is 5. The van der Waals surface area contributed by atoms with Gasteiger partial charge in [0.1, 0.15) is 0 Å². The quantitative estimate of drug-likeness (QED) is 0.162. The fraction of sp³-hybridized carbons (Fsp3) is 0. The molecule has 0 atom stereocenters. The molecule has 0 spiro atoms. The minimum absolute atomic E-state index is 0.595. The molecule has 3 heterocycles. The average molecular weight is 792 g/mol. The van der Waals surface area contributed by atoms with E-state index in [1.807, 2.05) is 24.3 Å². The van der Waals surface area contributed by atoms with Crippen LogP contribution in [0.1, 0.15) is 0 Å². The first-order chi connectivity index (χ1) is 30.7. The molecular formula is C57H37N5. The highest BCUT2D eigenvalue weighted by Gasteiger charge is 2.22. The van der Waals surface area contributed by atoms with E-state index in [0.717, 1.165) is 61.4 Å². The fourth-order valence-corrected chi connectivity index (χ4v) is 9.08. The molecule has 5 heteroatoms. The molecular weight excluding hydrogens is 755 g/mol. The van der Waals surface area contributed by atoms with E-state index in [1.165, 1.54) is 32.6 Å². The van der Waals surface area contributed by atoms with Gasteiger partial charge in [-0.2, -0.15) is 0 Å². The first kappa shape index (κ1) is 35.5. The molecule has 0 amide bonds. The van der Waals surface area contributed by atoms with Crippen molar-refractivity contribution in [3.63, 3.8) is 0 Å². The van der Waals surface area contributed by atoms with Gasteiger partial charge in [-0.25, -0.2) is 15.0 Å². The number of hydrogen-bond donors (Lipinski definition) is 0. The molecule has 9 aromatic carbocycles. The Balaban J connectivity index is 1.14. The van der Waals surface area contributed by atoms with Crippen LogP contribution in [0.15, 0.2) is 224 Å². The Morgan fingerprint density at radius 1 is 0.258 bits per heavy atom. The van der Waals surface area contributed by atoms with E-state index in [-0.39, 0.29) is 0 Å². The molecule has 0 aliphatic heterocycles. The summed E-state index contributed by atoms with van der Waals surface area (Å²) in [5.41, 5.74) is 13.8. The van der Waals surface area contributed by atoms with Crippen molar-refractivity contribution in [1.82, 2.24) is 24.1 Å². The maximum atomic E-state index is 5.35. The van der Waals surface area contributed by atoms with E-state index in [9.17, 15) is 0 Å². The Kier molecular flexibility index (Phi) is 8.42. The van der Waals surface area contributed by atoms with Crippen LogP contribution >= 0.6 is 0 Å². The van der Waals surface area contributed by atoms with Crippen LogP contribution in [0.4, 0.5) is 0 Å². The van der Waals surface area contributed by atoms with E-state index in [2.05, 4.69) is 209 Å². The van der Waals surface area contributed by atoms with Gasteiger partial charge in [0.05, 0.1) is 27.8 Å². The second-order valence-corrected chi connectivity index (χ2v) is 15.6. The van der Waals surface area contributed by atoms with Gasteiger partial charge in [0.25, 0.3) is 0 Å². The predicted molar refractivity (Wildman–Crippen MR) is 256 cm³/mol. The lowest BCUT2D eigenvalue weighted by Crippen LogP contribution is -2.04. The lowest BCUT2D eigenvalue weighted by Gasteiger charge is -2.17. The van der Waals surface area contributed by atoms with Crippen molar-refractivity contribution < 1.29 is 0 Å². The Morgan fingerprint density at radius 3 is 1.32 bits per heavy atom. The predicted octanol–water partition coefficient (Wildman–Crippen LogP) is 14.4. The molecule has 12 rings (SSSR count). The van der Waals surface area contributed by atoms with Crippen LogP contribution in [-0.4, -0.2) is 24.1 Å². The molecule has 0 aliphatic carbocycles. The summed E-state index contributed by atoms with van der Waals surface area (Å²) < 4.78 is 4.80. The molecule has 0 saturated heterocycles. The van der Waals surface area contributed by atoms with Crippen LogP contribution in [-0.2, 0) is 0 Å². The smallest absolute Gasteiger partial charge is 0.166 e. The summed E-state index contributed by atoms with van der Waals surface area (Å²) in [5.74, 6) is 1.82. The molecule has 0 unspecified atom stereocenters. The van der Waals surface area contributed by atoms with Crippen molar-refractivity contribution in [1.29, 1.82) is 0 Å². The van der Waals surface area contributed by atoms with Crippen LogP contribution in [0, 0.1) is 0 Å². The van der Waals surface area contributed by atoms with Crippen LogP contribution < -0.4 is 0 Å². The minimum atomic E-state index is 0.595. The molecule has 3 aromatic heterocycles. The van der Waals surface area contributed by atoms with Crippen molar-refractivity contribution in [2.75, 3.05) is 0 Å². The fourth-order valence-electron chi connectivity index (χ4n) is 9.08. The van der Waals surface area contributed by atoms with Gasteiger partial charge in [0.15, 0.2) is 17.5 Å². The van der Waals surface area contributed by atoms with Crippen molar-refractivity contribution in [2.24, 2.45) is 0 Å². The van der Waals surface area contributed by atoms with E-state index >= 15 is 0 Å². The van der Waals surface area contributed by atoms with Crippen LogP contribution in [0.25, 0.3) is 111 Å². The molecule has 0 fully saturated rings. The zero-order valence-electron chi connectivity index (χ0n) is 33.6. The second-order valence-electron chi connectivity index (χ2n) is 15.6. The Bertz CT molecular complexity index is 3570. The molecule has 62 heavy (non-hydrogen) atoms. The highest BCUT2D eigenvalue weighted by atomic mass is 15.1. The highest BCUT2D eigenvalue weighted by Crippen LogP contribution is 2.40. The van der Waals surface area contributed by atoms with Gasteiger partial charge < -0.3 is 9.13 Å². The average Bonchev–Trinajstić information content (AvgIpc) is 3.87. The number of hydrogen-bond acceptors (Lipinski definition) is 3. The van der Waals surface area contributed by atoms with Crippen molar-refractivity contribution >= 4 is 43.6 Å². The Morgan fingerprint density at radius 2 is 0.710 bits per heavy atom. The van der Waals surface area contributed by atoms with E-state index < -0.39 is 0 Å². The number of para-hydroxylation sites is 3. The second kappa shape index (κ2) is 14.7. The summed E-state index contributed by atoms with van der Waals surface area (Å²) in [6, 6.07) is 79.3. The van der Waals surface area contributed by atoms with Crippen molar-refractivity contribution in [2.45, 2.75) is 0 Å². The Hall–Kier alpha value is -8.41. The molecule has 290 valence electrons. The van der Waals surface area contributed by atoms with Gasteiger partial charge in [-0.1, -0.05) is 176 Å². The number of benzene rings is 9. The van der Waals surface area contributed by atoms with Gasteiger partial charge in [0, 0.05) is 43.9 Å². The molecule has 12 aromatic rings. The maximum Gasteiger partial charge on any atom is 0.166 e. The van der Waals surface area contributed by atoms with E-state index in [1.54, 1.807) is 0 Å². The van der Waals surface area contributed by atoms with Crippen LogP contribution in [0.3, 0.4) is 0 Å². The summed E-state index contributed by atoms with van der Waals surface area (Å²) in [6.07, 6.45) is 0. The summed E-state index contributed by atoms with van der Waals surface area (Å²) in [6.45, 7) is 0. The molecule has 0 saturated carbocycles. The van der Waals surface area contributed by atoms with Crippen LogP contribution in [0.2, 0.25) is 0 Å².